The zero-order valence-corrected chi connectivity index (χ0v) is 15.6. The second-order valence-corrected chi connectivity index (χ2v) is 7.16. The lowest BCUT2D eigenvalue weighted by Crippen LogP contribution is -2.21. The van der Waals surface area contributed by atoms with Crippen LogP contribution in [0.25, 0.3) is 0 Å². The molecule has 0 fully saturated rings. The summed E-state index contributed by atoms with van der Waals surface area (Å²) in [6, 6.07) is 23.7. The number of para-hydroxylation sites is 1. The molecule has 1 aromatic heterocycles. The van der Waals surface area contributed by atoms with Gasteiger partial charge in [-0.25, -0.2) is 0 Å². The van der Waals surface area contributed by atoms with Gasteiger partial charge in [0.2, 0.25) is 0 Å². The van der Waals surface area contributed by atoms with Gasteiger partial charge >= 0.3 is 0 Å². The van der Waals surface area contributed by atoms with Crippen LogP contribution in [0.5, 0.6) is 5.75 Å². The van der Waals surface area contributed by atoms with Gasteiger partial charge in [0.05, 0.1) is 7.11 Å². The first-order valence-electron chi connectivity index (χ1n) is 8.74. The summed E-state index contributed by atoms with van der Waals surface area (Å²) in [6.45, 7) is 3.18. The van der Waals surface area contributed by atoms with E-state index in [1.807, 2.05) is 12.1 Å². The van der Waals surface area contributed by atoms with E-state index in [0.717, 1.165) is 18.7 Å². The van der Waals surface area contributed by atoms with E-state index in [9.17, 15) is 0 Å². The van der Waals surface area contributed by atoms with Crippen LogP contribution in [0.3, 0.4) is 0 Å². The van der Waals surface area contributed by atoms with Gasteiger partial charge in [-0.1, -0.05) is 54.6 Å². The average molecular weight is 352 g/mol. The summed E-state index contributed by atoms with van der Waals surface area (Å²) in [4.78, 5) is 1.38. The molecule has 2 aromatic carbocycles. The van der Waals surface area contributed by atoms with E-state index >= 15 is 0 Å². The van der Waals surface area contributed by atoms with Gasteiger partial charge < -0.3 is 10.1 Å². The number of rotatable bonds is 8. The number of thiophene rings is 1. The lowest BCUT2D eigenvalue weighted by Gasteiger charge is -2.22. The second-order valence-electron chi connectivity index (χ2n) is 6.19. The van der Waals surface area contributed by atoms with Gasteiger partial charge in [0.1, 0.15) is 5.75 Å². The predicted molar refractivity (Wildman–Crippen MR) is 107 cm³/mol. The van der Waals surface area contributed by atoms with Crippen LogP contribution >= 0.6 is 11.3 Å². The van der Waals surface area contributed by atoms with Crippen molar-refractivity contribution < 1.29 is 4.74 Å². The van der Waals surface area contributed by atoms with E-state index in [1.54, 1.807) is 18.4 Å². The Kier molecular flexibility index (Phi) is 6.26. The maximum absolute atomic E-state index is 5.62. The lowest BCUT2D eigenvalue weighted by atomic mass is 9.88. The molecule has 2 atom stereocenters. The maximum Gasteiger partial charge on any atom is 0.122 e. The Morgan fingerprint density at radius 2 is 1.72 bits per heavy atom. The minimum absolute atomic E-state index is 0.320. The molecule has 0 bridgehead atoms. The third-order valence-corrected chi connectivity index (χ3v) is 5.62. The molecule has 0 radical (unpaired) electrons. The van der Waals surface area contributed by atoms with Crippen LogP contribution in [-0.4, -0.2) is 13.7 Å². The van der Waals surface area contributed by atoms with Crippen molar-refractivity contribution in [1.29, 1.82) is 0 Å². The molecule has 130 valence electrons. The smallest absolute Gasteiger partial charge is 0.122 e. The maximum atomic E-state index is 5.62. The normalized spacial score (nSPS) is 13.4. The number of hydrogen-bond donors (Lipinski definition) is 1. The summed E-state index contributed by atoms with van der Waals surface area (Å²) in [7, 11) is 1.75. The van der Waals surface area contributed by atoms with Gasteiger partial charge in [-0.3, -0.25) is 0 Å². The first kappa shape index (κ1) is 17.7. The van der Waals surface area contributed by atoms with Crippen molar-refractivity contribution in [2.45, 2.75) is 25.3 Å². The Bertz CT molecular complexity index is 755. The molecule has 0 aliphatic rings. The third-order valence-electron chi connectivity index (χ3n) is 4.57. The molecule has 1 heterocycles. The van der Waals surface area contributed by atoms with Gasteiger partial charge in [0.15, 0.2) is 0 Å². The van der Waals surface area contributed by atoms with Crippen LogP contribution in [0.4, 0.5) is 0 Å². The summed E-state index contributed by atoms with van der Waals surface area (Å²) in [5.41, 5.74) is 2.58. The van der Waals surface area contributed by atoms with Crippen molar-refractivity contribution in [2.24, 2.45) is 0 Å². The van der Waals surface area contributed by atoms with Gasteiger partial charge in [-0.2, -0.15) is 0 Å². The van der Waals surface area contributed by atoms with E-state index in [0.29, 0.717) is 12.0 Å². The highest BCUT2D eigenvalue weighted by Crippen LogP contribution is 2.34. The molecule has 0 aliphatic heterocycles. The first-order chi connectivity index (χ1) is 12.3. The van der Waals surface area contributed by atoms with Crippen LogP contribution in [0.1, 0.15) is 41.3 Å². The summed E-state index contributed by atoms with van der Waals surface area (Å²) in [5, 5.41) is 5.80. The lowest BCUT2D eigenvalue weighted by molar-refractivity contribution is 0.405. The summed E-state index contributed by atoms with van der Waals surface area (Å²) < 4.78 is 5.62. The summed E-state index contributed by atoms with van der Waals surface area (Å²) >= 11 is 1.81. The standard InChI is InChI=1S/C22H25NOS/c1-17(22-13-8-16-25-22)23-15-14-19(18-9-4-3-5-10-18)20-11-6-7-12-21(20)24-2/h3-13,16-17,19,23H,14-15H2,1-2H3. The van der Waals surface area contributed by atoms with Crippen molar-refractivity contribution in [1.82, 2.24) is 5.32 Å². The Balaban J connectivity index is 1.75. The molecule has 0 saturated heterocycles. The van der Waals surface area contributed by atoms with E-state index in [2.05, 4.69) is 72.2 Å². The SMILES string of the molecule is COc1ccccc1C(CCNC(C)c1cccs1)c1ccccc1. The molecule has 3 heteroatoms. The number of hydrogen-bond acceptors (Lipinski definition) is 3. The number of methoxy groups -OCH3 is 1. The minimum Gasteiger partial charge on any atom is -0.496 e. The highest BCUT2D eigenvalue weighted by atomic mass is 32.1. The topological polar surface area (TPSA) is 21.3 Å². The number of benzene rings is 2. The predicted octanol–water partition coefficient (Wildman–Crippen LogP) is 5.63. The molecule has 25 heavy (non-hydrogen) atoms. The van der Waals surface area contributed by atoms with Crippen molar-refractivity contribution >= 4 is 11.3 Å². The summed E-state index contributed by atoms with van der Waals surface area (Å²) in [6.07, 6.45) is 1.03. The van der Waals surface area contributed by atoms with E-state index in [4.69, 9.17) is 4.74 Å². The zero-order valence-electron chi connectivity index (χ0n) is 14.8. The summed E-state index contributed by atoms with van der Waals surface area (Å²) in [5.74, 6) is 1.28. The molecule has 0 aliphatic carbocycles. The monoisotopic (exact) mass is 351 g/mol. The van der Waals surface area contributed by atoms with Crippen molar-refractivity contribution in [3.05, 3.63) is 88.1 Å². The average Bonchev–Trinajstić information content (AvgIpc) is 3.21. The number of ether oxygens (including phenoxy) is 1. The highest BCUT2D eigenvalue weighted by Gasteiger charge is 2.18. The van der Waals surface area contributed by atoms with Gasteiger partial charge in [0, 0.05) is 22.4 Å². The Labute approximate surface area is 154 Å². The Hall–Kier alpha value is -2.10. The molecule has 3 aromatic rings. The van der Waals surface area contributed by atoms with Gasteiger partial charge in [-0.05, 0) is 43.0 Å². The molecule has 1 N–H and O–H groups in total. The minimum atomic E-state index is 0.320. The van der Waals surface area contributed by atoms with Crippen LogP contribution in [-0.2, 0) is 0 Å². The third kappa shape index (κ3) is 4.50. The Morgan fingerprint density at radius 1 is 0.960 bits per heavy atom. The molecule has 2 unspecified atom stereocenters. The second kappa shape index (κ2) is 8.84. The quantitative estimate of drug-likeness (QED) is 0.568. The van der Waals surface area contributed by atoms with Gasteiger partial charge in [0.25, 0.3) is 0 Å². The zero-order chi connectivity index (χ0) is 17.5. The molecule has 2 nitrogen and oxygen atoms in total. The van der Waals surface area contributed by atoms with Crippen LogP contribution in [0, 0.1) is 0 Å². The Morgan fingerprint density at radius 3 is 2.44 bits per heavy atom. The molecule has 0 saturated carbocycles. The van der Waals surface area contributed by atoms with Gasteiger partial charge in [-0.15, -0.1) is 11.3 Å². The number of nitrogens with one attached hydrogen (secondary N) is 1. The van der Waals surface area contributed by atoms with Crippen LogP contribution in [0.2, 0.25) is 0 Å². The fourth-order valence-electron chi connectivity index (χ4n) is 3.22. The van der Waals surface area contributed by atoms with Crippen molar-refractivity contribution in [3.63, 3.8) is 0 Å². The van der Waals surface area contributed by atoms with E-state index in [-0.39, 0.29) is 0 Å². The van der Waals surface area contributed by atoms with Crippen LogP contribution in [0.15, 0.2) is 72.1 Å². The van der Waals surface area contributed by atoms with Crippen molar-refractivity contribution in [2.75, 3.05) is 13.7 Å². The fourth-order valence-corrected chi connectivity index (χ4v) is 3.98. The molecular weight excluding hydrogens is 326 g/mol. The molecule has 0 amide bonds. The molecule has 0 spiro atoms. The first-order valence-corrected chi connectivity index (χ1v) is 9.62. The fraction of sp³-hybridized carbons (Fsp3) is 0.273. The molecule has 3 rings (SSSR count). The van der Waals surface area contributed by atoms with Crippen molar-refractivity contribution in [3.8, 4) is 5.75 Å². The van der Waals surface area contributed by atoms with Crippen LogP contribution < -0.4 is 10.1 Å². The largest absolute Gasteiger partial charge is 0.496 e. The molecular formula is C22H25NOS. The highest BCUT2D eigenvalue weighted by molar-refractivity contribution is 7.10. The van der Waals surface area contributed by atoms with E-state index < -0.39 is 0 Å². The van der Waals surface area contributed by atoms with E-state index in [1.165, 1.54) is 16.0 Å².